The van der Waals surface area contributed by atoms with Crippen LogP contribution in [-0.4, -0.2) is 37.0 Å². The highest BCUT2D eigenvalue weighted by Gasteiger charge is 2.14. The number of hydrogen-bond donors (Lipinski definition) is 1. The van der Waals surface area contributed by atoms with E-state index in [1.165, 1.54) is 35.4 Å². The van der Waals surface area contributed by atoms with E-state index in [0.717, 1.165) is 32.5 Å². The van der Waals surface area contributed by atoms with Gasteiger partial charge in [-0.15, -0.1) is 0 Å². The van der Waals surface area contributed by atoms with Crippen LogP contribution in [0.5, 0.6) is 5.75 Å². The number of benzene rings is 2. The van der Waals surface area contributed by atoms with E-state index in [2.05, 4.69) is 34.5 Å². The van der Waals surface area contributed by atoms with Crippen LogP contribution in [-0.2, 0) is 17.8 Å². The zero-order valence-electron chi connectivity index (χ0n) is 14.2. The number of hydrogen-bond acceptors (Lipinski definition) is 3. The van der Waals surface area contributed by atoms with Gasteiger partial charge in [0.1, 0.15) is 11.6 Å². The number of nitrogens with one attached hydrogen (secondary N) is 1. The molecule has 1 heterocycles. The second-order valence-electron chi connectivity index (χ2n) is 6.24. The summed E-state index contributed by atoms with van der Waals surface area (Å²) < 4.78 is 18.1. The van der Waals surface area contributed by atoms with Gasteiger partial charge in [-0.1, -0.05) is 24.3 Å². The number of rotatable bonds is 7. The number of amides is 1. The maximum absolute atomic E-state index is 12.8. The van der Waals surface area contributed by atoms with E-state index in [9.17, 15) is 9.18 Å². The maximum atomic E-state index is 12.8. The average Bonchev–Trinajstić information content (AvgIpc) is 2.64. The van der Waals surface area contributed by atoms with Crippen LogP contribution in [0.15, 0.2) is 48.5 Å². The standard InChI is InChI=1S/C20H23FN2O2/c21-18-6-8-19(9-7-18)25-15-20(24)22-11-3-12-23-13-10-16-4-1-2-5-17(16)14-23/h1-2,4-9H,3,10-15H2,(H,22,24). The van der Waals surface area contributed by atoms with Gasteiger partial charge in [-0.05, 0) is 48.2 Å². The summed E-state index contributed by atoms with van der Waals surface area (Å²) in [6.45, 7) is 3.59. The van der Waals surface area contributed by atoms with Crippen molar-refractivity contribution in [2.24, 2.45) is 0 Å². The van der Waals surface area contributed by atoms with E-state index in [4.69, 9.17) is 4.74 Å². The lowest BCUT2D eigenvalue weighted by molar-refractivity contribution is -0.123. The molecule has 0 spiro atoms. The topological polar surface area (TPSA) is 41.6 Å². The molecule has 1 aliphatic heterocycles. The molecule has 4 nitrogen and oxygen atoms in total. The van der Waals surface area contributed by atoms with Crippen molar-refractivity contribution >= 4 is 5.91 Å². The van der Waals surface area contributed by atoms with Crippen LogP contribution >= 0.6 is 0 Å². The van der Waals surface area contributed by atoms with Crippen LogP contribution in [0.4, 0.5) is 4.39 Å². The Hall–Kier alpha value is -2.40. The Bertz CT molecular complexity index is 703. The van der Waals surface area contributed by atoms with Crippen LogP contribution in [0, 0.1) is 5.82 Å². The number of carbonyl (C=O) groups is 1. The Morgan fingerprint density at radius 3 is 2.68 bits per heavy atom. The van der Waals surface area contributed by atoms with E-state index in [-0.39, 0.29) is 18.3 Å². The third-order valence-electron chi connectivity index (χ3n) is 4.37. The van der Waals surface area contributed by atoms with Gasteiger partial charge in [0.2, 0.25) is 0 Å². The van der Waals surface area contributed by atoms with Gasteiger partial charge in [-0.2, -0.15) is 0 Å². The van der Waals surface area contributed by atoms with Gasteiger partial charge in [0, 0.05) is 26.2 Å². The van der Waals surface area contributed by atoms with Gasteiger partial charge in [-0.3, -0.25) is 9.69 Å². The summed E-state index contributed by atoms with van der Waals surface area (Å²) in [6, 6.07) is 14.2. The minimum Gasteiger partial charge on any atom is -0.484 e. The maximum Gasteiger partial charge on any atom is 0.257 e. The normalized spacial score (nSPS) is 14.0. The fourth-order valence-corrected chi connectivity index (χ4v) is 3.01. The number of carbonyl (C=O) groups excluding carboxylic acids is 1. The quantitative estimate of drug-likeness (QED) is 0.787. The van der Waals surface area contributed by atoms with Gasteiger partial charge in [-0.25, -0.2) is 4.39 Å². The molecule has 5 heteroatoms. The summed E-state index contributed by atoms with van der Waals surface area (Å²) in [6.07, 6.45) is 2.00. The second kappa shape index (κ2) is 8.62. The van der Waals surface area contributed by atoms with E-state index in [0.29, 0.717) is 12.3 Å². The van der Waals surface area contributed by atoms with Crippen molar-refractivity contribution in [3.05, 3.63) is 65.5 Å². The lowest BCUT2D eigenvalue weighted by atomic mass is 10.00. The molecular formula is C20H23FN2O2. The molecule has 0 atom stereocenters. The number of nitrogens with zero attached hydrogens (tertiary/aromatic N) is 1. The minimum absolute atomic E-state index is 0.0529. The Labute approximate surface area is 147 Å². The fourth-order valence-electron chi connectivity index (χ4n) is 3.01. The highest BCUT2D eigenvalue weighted by Crippen LogP contribution is 2.18. The van der Waals surface area contributed by atoms with E-state index in [1.807, 2.05) is 0 Å². The molecule has 1 amide bonds. The SMILES string of the molecule is O=C(COc1ccc(F)cc1)NCCCN1CCc2ccccc2C1. The molecule has 1 N–H and O–H groups in total. The van der Waals surface area contributed by atoms with Gasteiger partial charge >= 0.3 is 0 Å². The van der Waals surface area contributed by atoms with Crippen LogP contribution in [0.2, 0.25) is 0 Å². The van der Waals surface area contributed by atoms with Gasteiger partial charge in [0.15, 0.2) is 6.61 Å². The first-order chi connectivity index (χ1) is 12.2. The van der Waals surface area contributed by atoms with Crippen molar-refractivity contribution in [3.63, 3.8) is 0 Å². The summed E-state index contributed by atoms with van der Waals surface area (Å²) in [7, 11) is 0. The van der Waals surface area contributed by atoms with Crippen molar-refractivity contribution in [3.8, 4) is 5.75 Å². The summed E-state index contributed by atoms with van der Waals surface area (Å²) in [5.74, 6) is 0.00832. The number of ether oxygens (including phenoxy) is 1. The van der Waals surface area contributed by atoms with Crippen molar-refractivity contribution in [1.82, 2.24) is 10.2 Å². The summed E-state index contributed by atoms with van der Waals surface area (Å²) >= 11 is 0. The molecule has 0 saturated heterocycles. The Kier molecular flexibility index (Phi) is 6.01. The molecule has 0 aliphatic carbocycles. The predicted molar refractivity (Wildman–Crippen MR) is 94.9 cm³/mol. The van der Waals surface area contributed by atoms with Crippen LogP contribution in [0.3, 0.4) is 0 Å². The third kappa shape index (κ3) is 5.29. The zero-order valence-corrected chi connectivity index (χ0v) is 14.2. The smallest absolute Gasteiger partial charge is 0.257 e. The fraction of sp³-hybridized carbons (Fsp3) is 0.350. The highest BCUT2D eigenvalue weighted by atomic mass is 19.1. The summed E-state index contributed by atoms with van der Waals surface area (Å²) in [4.78, 5) is 14.2. The number of halogens is 1. The minimum atomic E-state index is -0.322. The number of fused-ring (bicyclic) bond motifs is 1. The third-order valence-corrected chi connectivity index (χ3v) is 4.37. The molecule has 1 aliphatic rings. The predicted octanol–water partition coefficient (Wildman–Crippen LogP) is 2.77. The van der Waals surface area contributed by atoms with Gasteiger partial charge < -0.3 is 10.1 Å². The van der Waals surface area contributed by atoms with Crippen molar-refractivity contribution in [1.29, 1.82) is 0 Å². The lowest BCUT2D eigenvalue weighted by Gasteiger charge is -2.28. The second-order valence-corrected chi connectivity index (χ2v) is 6.24. The van der Waals surface area contributed by atoms with E-state index >= 15 is 0 Å². The molecular weight excluding hydrogens is 319 g/mol. The Morgan fingerprint density at radius 1 is 1.12 bits per heavy atom. The van der Waals surface area contributed by atoms with Gasteiger partial charge in [0.05, 0.1) is 0 Å². The molecule has 0 aromatic heterocycles. The van der Waals surface area contributed by atoms with E-state index < -0.39 is 0 Å². The van der Waals surface area contributed by atoms with Crippen LogP contribution in [0.25, 0.3) is 0 Å². The largest absolute Gasteiger partial charge is 0.484 e. The Balaban J connectivity index is 1.31. The lowest BCUT2D eigenvalue weighted by Crippen LogP contribution is -2.34. The first-order valence-electron chi connectivity index (χ1n) is 8.65. The van der Waals surface area contributed by atoms with Crippen molar-refractivity contribution in [2.45, 2.75) is 19.4 Å². The molecule has 0 fully saturated rings. The first-order valence-corrected chi connectivity index (χ1v) is 8.65. The highest BCUT2D eigenvalue weighted by molar-refractivity contribution is 5.77. The summed E-state index contributed by atoms with van der Waals surface area (Å²) in [5, 5.41) is 2.86. The molecule has 132 valence electrons. The molecule has 0 radical (unpaired) electrons. The Morgan fingerprint density at radius 2 is 1.88 bits per heavy atom. The molecule has 0 unspecified atom stereocenters. The monoisotopic (exact) mass is 342 g/mol. The molecule has 2 aromatic rings. The zero-order chi connectivity index (χ0) is 17.5. The first kappa shape index (κ1) is 17.4. The van der Waals surface area contributed by atoms with Gasteiger partial charge in [0.25, 0.3) is 5.91 Å². The molecule has 2 aromatic carbocycles. The molecule has 25 heavy (non-hydrogen) atoms. The van der Waals surface area contributed by atoms with Crippen molar-refractivity contribution < 1.29 is 13.9 Å². The van der Waals surface area contributed by atoms with Crippen LogP contribution in [0.1, 0.15) is 17.5 Å². The summed E-state index contributed by atoms with van der Waals surface area (Å²) in [5.41, 5.74) is 2.86. The van der Waals surface area contributed by atoms with E-state index in [1.54, 1.807) is 0 Å². The molecule has 0 bridgehead atoms. The average molecular weight is 342 g/mol. The van der Waals surface area contributed by atoms with Crippen LogP contribution < -0.4 is 10.1 Å². The molecule has 0 saturated carbocycles. The van der Waals surface area contributed by atoms with Crippen molar-refractivity contribution in [2.75, 3.05) is 26.2 Å². The molecule has 3 rings (SSSR count).